The molecule has 14 aromatic rings. The average Bonchev–Trinajstić information content (AvgIpc) is 4.09. The van der Waals surface area contributed by atoms with E-state index in [1.807, 2.05) is 32.0 Å². The maximum absolute atomic E-state index is 6.17. The Labute approximate surface area is 398 Å². The summed E-state index contributed by atoms with van der Waals surface area (Å²) < 4.78 is 10.8. The molecule has 0 radical (unpaired) electrons. The van der Waals surface area contributed by atoms with E-state index >= 15 is 0 Å². The molecule has 0 aliphatic heterocycles. The number of benzene rings is 10. The molecule has 0 aliphatic carbocycles. The van der Waals surface area contributed by atoms with E-state index in [4.69, 9.17) is 14.4 Å². The van der Waals surface area contributed by atoms with Crippen LogP contribution in [0.3, 0.4) is 0 Å². The van der Waals surface area contributed by atoms with Crippen molar-refractivity contribution in [3.63, 3.8) is 0 Å². The van der Waals surface area contributed by atoms with Gasteiger partial charge in [-0.05, 0) is 94.5 Å². The van der Waals surface area contributed by atoms with Gasteiger partial charge in [0.2, 0.25) is 5.95 Å². The van der Waals surface area contributed by atoms with Crippen molar-refractivity contribution in [2.45, 2.75) is 13.8 Å². The van der Waals surface area contributed by atoms with Crippen molar-refractivity contribution in [3.05, 3.63) is 231 Å². The van der Waals surface area contributed by atoms with Crippen LogP contribution >= 0.6 is 0 Å². The summed E-state index contributed by atoms with van der Waals surface area (Å²) in [6.07, 6.45) is 0. The molecule has 0 amide bonds. The lowest BCUT2D eigenvalue weighted by Crippen LogP contribution is -2.04. The SMILES string of the molecule is CC.c1ccc(-c2nc(-n3c4ccc(-n5c6ccccc6c6ccccc65)cc4c4cccc(-c5cccc(-c6cccc(-c7ccc8oc9ccccc9c8c7)c6)c5)c43)nc3ccccc23)cc1. The van der Waals surface area contributed by atoms with E-state index in [2.05, 4.69) is 221 Å². The quantitative estimate of drug-likeness (QED) is 0.167. The van der Waals surface area contributed by atoms with Crippen LogP contribution in [0, 0.1) is 0 Å². The first-order valence-corrected chi connectivity index (χ1v) is 23.7. The number of aromatic nitrogens is 4. The van der Waals surface area contributed by atoms with Crippen molar-refractivity contribution in [2.24, 2.45) is 0 Å². The zero-order valence-corrected chi connectivity index (χ0v) is 38.1. The van der Waals surface area contributed by atoms with E-state index in [0.717, 1.165) is 105 Å². The van der Waals surface area contributed by atoms with E-state index in [-0.39, 0.29) is 0 Å². The lowest BCUT2D eigenvalue weighted by molar-refractivity contribution is 0.669. The molecule has 0 atom stereocenters. The Morgan fingerprint density at radius 3 is 1.64 bits per heavy atom. The predicted octanol–water partition coefficient (Wildman–Crippen LogP) is 17.4. The maximum Gasteiger partial charge on any atom is 0.235 e. The number of hydrogen-bond donors (Lipinski definition) is 0. The first-order valence-electron chi connectivity index (χ1n) is 23.7. The van der Waals surface area contributed by atoms with E-state index in [1.54, 1.807) is 0 Å². The minimum atomic E-state index is 0.626. The summed E-state index contributed by atoms with van der Waals surface area (Å²) in [7, 11) is 0. The topological polar surface area (TPSA) is 48.8 Å². The Bertz CT molecular complexity index is 4230. The van der Waals surface area contributed by atoms with Crippen LogP contribution in [0.4, 0.5) is 0 Å². The summed E-state index contributed by atoms with van der Waals surface area (Å²) in [6.45, 7) is 4.00. The van der Waals surface area contributed by atoms with Crippen molar-refractivity contribution < 1.29 is 4.42 Å². The molecule has 4 heterocycles. The number of furan rings is 1. The fraction of sp³-hybridized carbons (Fsp3) is 0.0312. The van der Waals surface area contributed by atoms with Crippen LogP contribution in [-0.2, 0) is 0 Å². The zero-order chi connectivity index (χ0) is 46.0. The highest BCUT2D eigenvalue weighted by Crippen LogP contribution is 2.42. The molecule has 5 heteroatoms. The highest BCUT2D eigenvalue weighted by Gasteiger charge is 2.22. The van der Waals surface area contributed by atoms with E-state index in [1.165, 1.54) is 21.8 Å². The van der Waals surface area contributed by atoms with Gasteiger partial charge in [-0.1, -0.05) is 178 Å². The van der Waals surface area contributed by atoms with Crippen LogP contribution in [0.1, 0.15) is 13.8 Å². The molecule has 4 aromatic heterocycles. The summed E-state index contributed by atoms with van der Waals surface area (Å²) in [4.78, 5) is 10.8. The minimum Gasteiger partial charge on any atom is -0.456 e. The normalized spacial score (nSPS) is 11.6. The molecule has 0 N–H and O–H groups in total. The van der Waals surface area contributed by atoms with Gasteiger partial charge in [-0.25, -0.2) is 9.97 Å². The van der Waals surface area contributed by atoms with E-state index < -0.39 is 0 Å². The largest absolute Gasteiger partial charge is 0.456 e. The zero-order valence-electron chi connectivity index (χ0n) is 38.1. The van der Waals surface area contributed by atoms with Gasteiger partial charge >= 0.3 is 0 Å². The third-order valence-electron chi connectivity index (χ3n) is 13.5. The highest BCUT2D eigenvalue weighted by molar-refractivity contribution is 6.15. The van der Waals surface area contributed by atoms with Gasteiger partial charge in [0.25, 0.3) is 0 Å². The van der Waals surface area contributed by atoms with Gasteiger partial charge in [-0.3, -0.25) is 4.57 Å². The van der Waals surface area contributed by atoms with Crippen molar-refractivity contribution in [1.29, 1.82) is 0 Å². The van der Waals surface area contributed by atoms with Gasteiger partial charge in [-0.2, -0.15) is 0 Å². The van der Waals surface area contributed by atoms with Gasteiger partial charge in [-0.15, -0.1) is 0 Å². The standard InChI is InChI=1S/C62H38N4O.C2H6/c1-2-15-39(16-3-1)60-51-24-4-8-27-54(51)63-62(64-60)66-57-33-32-45(65-55-28-9-5-21-47(55)48-22-6-10-29-56(48)65)38-52(57)50-26-14-25-46(61(50)66)44-20-13-19-42(36-44)40-17-12-18-41(35-40)43-31-34-59-53(37-43)49-23-7-11-30-58(49)67-59;1-2/h1-38H;1-2H3. The maximum atomic E-state index is 6.17. The molecule has 14 rings (SSSR count). The molecule has 326 valence electrons. The Hall–Kier alpha value is -9.06. The van der Waals surface area contributed by atoms with Crippen molar-refractivity contribution in [1.82, 2.24) is 19.1 Å². The van der Waals surface area contributed by atoms with Crippen LogP contribution in [-0.4, -0.2) is 19.1 Å². The fourth-order valence-electron chi connectivity index (χ4n) is 10.5. The van der Waals surface area contributed by atoms with E-state index in [9.17, 15) is 0 Å². The second-order valence-electron chi connectivity index (χ2n) is 17.3. The molecule has 0 bridgehead atoms. The molecule has 0 aliphatic rings. The molecule has 10 aromatic carbocycles. The first-order chi connectivity index (χ1) is 34.2. The fourth-order valence-corrected chi connectivity index (χ4v) is 10.5. The van der Waals surface area contributed by atoms with Crippen molar-refractivity contribution in [3.8, 4) is 56.3 Å². The predicted molar refractivity (Wildman–Crippen MR) is 289 cm³/mol. The number of nitrogens with zero attached hydrogens (tertiary/aromatic N) is 4. The molecule has 0 saturated heterocycles. The van der Waals surface area contributed by atoms with Crippen LogP contribution in [0.25, 0.3) is 133 Å². The van der Waals surface area contributed by atoms with Gasteiger partial charge in [0, 0.05) is 54.5 Å². The Balaban J connectivity index is 0.00000232. The summed E-state index contributed by atoms with van der Waals surface area (Å²) in [5.41, 5.74) is 17.0. The third kappa shape index (κ3) is 6.54. The number of hydrogen-bond acceptors (Lipinski definition) is 3. The summed E-state index contributed by atoms with van der Waals surface area (Å²) in [5, 5.41) is 7.99. The Morgan fingerprint density at radius 1 is 0.333 bits per heavy atom. The minimum absolute atomic E-state index is 0.626. The number of rotatable bonds is 6. The lowest BCUT2D eigenvalue weighted by atomic mass is 9.95. The monoisotopic (exact) mass is 884 g/mol. The van der Waals surface area contributed by atoms with Gasteiger partial charge < -0.3 is 8.98 Å². The summed E-state index contributed by atoms with van der Waals surface area (Å²) in [6, 6.07) is 82.2. The summed E-state index contributed by atoms with van der Waals surface area (Å²) in [5.74, 6) is 0.626. The van der Waals surface area contributed by atoms with Crippen molar-refractivity contribution >= 4 is 76.5 Å². The Morgan fingerprint density at radius 2 is 0.884 bits per heavy atom. The average molecular weight is 885 g/mol. The second kappa shape index (κ2) is 16.4. The van der Waals surface area contributed by atoms with Crippen LogP contribution in [0.2, 0.25) is 0 Å². The second-order valence-corrected chi connectivity index (χ2v) is 17.3. The number of fused-ring (bicyclic) bond motifs is 10. The molecule has 0 unspecified atom stereocenters. The lowest BCUT2D eigenvalue weighted by Gasteiger charge is -2.14. The van der Waals surface area contributed by atoms with Gasteiger partial charge in [0.05, 0.1) is 33.3 Å². The molecule has 0 saturated carbocycles. The molecule has 0 spiro atoms. The number of para-hydroxylation sites is 5. The van der Waals surface area contributed by atoms with Gasteiger partial charge in [0.15, 0.2) is 0 Å². The summed E-state index contributed by atoms with van der Waals surface area (Å²) >= 11 is 0. The van der Waals surface area contributed by atoms with Crippen LogP contribution in [0.5, 0.6) is 0 Å². The van der Waals surface area contributed by atoms with Crippen LogP contribution < -0.4 is 0 Å². The Kier molecular flexibility index (Phi) is 9.55. The van der Waals surface area contributed by atoms with Crippen molar-refractivity contribution in [2.75, 3.05) is 0 Å². The highest BCUT2D eigenvalue weighted by atomic mass is 16.3. The molecule has 5 nitrogen and oxygen atoms in total. The van der Waals surface area contributed by atoms with E-state index in [0.29, 0.717) is 5.95 Å². The molecular formula is C64H44N4O. The smallest absolute Gasteiger partial charge is 0.235 e. The molecule has 69 heavy (non-hydrogen) atoms. The van der Waals surface area contributed by atoms with Gasteiger partial charge in [0.1, 0.15) is 11.2 Å². The molecule has 0 fully saturated rings. The third-order valence-corrected chi connectivity index (χ3v) is 13.5. The van der Waals surface area contributed by atoms with Crippen LogP contribution in [0.15, 0.2) is 235 Å². The molecular weight excluding hydrogens is 841 g/mol. The first kappa shape index (κ1) is 40.2.